The number of hydrogen-bond acceptors (Lipinski definition) is 5. The summed E-state index contributed by atoms with van der Waals surface area (Å²) in [5.41, 5.74) is 0. The number of piperidine rings is 1. The maximum Gasteiger partial charge on any atom is 0.243 e. The van der Waals surface area contributed by atoms with Gasteiger partial charge in [0.15, 0.2) is 0 Å². The van der Waals surface area contributed by atoms with E-state index in [1.54, 1.807) is 0 Å². The number of carbonyl (C=O) groups excluding carboxylic acids is 3. The van der Waals surface area contributed by atoms with Crippen LogP contribution in [0.3, 0.4) is 0 Å². The van der Waals surface area contributed by atoms with E-state index in [1.807, 2.05) is 11.8 Å². The van der Waals surface area contributed by atoms with Gasteiger partial charge in [0.1, 0.15) is 6.04 Å². The molecule has 8 heteroatoms. The van der Waals surface area contributed by atoms with Crippen LogP contribution in [-0.4, -0.2) is 66.0 Å². The number of nitrogens with one attached hydrogen (secondary N) is 4. The number of rotatable bonds is 10. The third-order valence-electron chi connectivity index (χ3n) is 8.54. The average Bonchev–Trinajstić information content (AvgIpc) is 3.53. The normalized spacial score (nSPS) is 29.4. The largest absolute Gasteiger partial charge is 0.349 e. The molecule has 0 aromatic carbocycles. The van der Waals surface area contributed by atoms with Crippen molar-refractivity contribution in [3.05, 3.63) is 0 Å². The Kier molecular flexibility index (Phi) is 9.45. The fourth-order valence-corrected chi connectivity index (χ4v) is 6.15. The molecule has 5 atom stereocenters. The summed E-state index contributed by atoms with van der Waals surface area (Å²) in [6.45, 7) is 5.71. The number of likely N-dealkylation sites (tertiary alicyclic amines) is 1. The van der Waals surface area contributed by atoms with Crippen molar-refractivity contribution in [2.75, 3.05) is 13.1 Å². The second-order valence-electron chi connectivity index (χ2n) is 11.7. The zero-order valence-electron chi connectivity index (χ0n) is 21.8. The molecule has 4 rings (SSSR count). The first-order valence-corrected chi connectivity index (χ1v) is 14.3. The topological polar surface area (TPSA) is 103 Å². The lowest BCUT2D eigenvalue weighted by Gasteiger charge is -2.34. The van der Waals surface area contributed by atoms with Gasteiger partial charge >= 0.3 is 0 Å². The molecule has 4 N–H and O–H groups in total. The highest BCUT2D eigenvalue weighted by atomic mass is 16.2. The van der Waals surface area contributed by atoms with Crippen LogP contribution in [-0.2, 0) is 14.4 Å². The molecule has 2 saturated heterocycles. The van der Waals surface area contributed by atoms with E-state index in [9.17, 15) is 14.4 Å². The predicted molar refractivity (Wildman–Crippen MR) is 136 cm³/mol. The molecule has 198 valence electrons. The average molecular weight is 490 g/mol. The highest BCUT2D eigenvalue weighted by Gasteiger charge is 2.34. The number of carbonyl (C=O) groups is 3. The van der Waals surface area contributed by atoms with Gasteiger partial charge in [-0.2, -0.15) is 0 Å². The molecule has 2 aliphatic heterocycles. The molecule has 0 spiro atoms. The summed E-state index contributed by atoms with van der Waals surface area (Å²) in [5, 5.41) is 13.2. The molecule has 8 nitrogen and oxygen atoms in total. The van der Waals surface area contributed by atoms with Crippen molar-refractivity contribution in [1.29, 1.82) is 0 Å². The van der Waals surface area contributed by atoms with Gasteiger partial charge in [-0.15, -0.1) is 0 Å². The van der Waals surface area contributed by atoms with Crippen LogP contribution < -0.4 is 21.3 Å². The second-order valence-corrected chi connectivity index (χ2v) is 11.7. The fourth-order valence-electron chi connectivity index (χ4n) is 6.15. The number of amides is 3. The van der Waals surface area contributed by atoms with Crippen LogP contribution in [0.15, 0.2) is 0 Å². The van der Waals surface area contributed by atoms with E-state index in [1.165, 1.54) is 38.5 Å². The Bertz CT molecular complexity index is 736. The molecule has 4 fully saturated rings. The van der Waals surface area contributed by atoms with Crippen LogP contribution in [0.1, 0.15) is 97.3 Å². The van der Waals surface area contributed by atoms with E-state index in [2.05, 4.69) is 28.2 Å². The molecule has 35 heavy (non-hydrogen) atoms. The van der Waals surface area contributed by atoms with E-state index in [0.717, 1.165) is 51.1 Å². The molecule has 0 aromatic heterocycles. The standard InChI is InChI=1S/C27H47N5O3/c1-18-8-6-7-13-32(18)25(34)16-23(31-24(33)15-21-11-12-21)27(35)29-19(2)26-28-17-22(30-26)14-20-9-4-3-5-10-20/h18-23,26,28,30H,3-17H2,1-2H3,(H,29,35)(H,31,33)/t18-,19-,22?,23-,26?/m0/s1. The molecule has 0 bridgehead atoms. The van der Waals surface area contributed by atoms with Crippen molar-refractivity contribution >= 4 is 17.7 Å². The van der Waals surface area contributed by atoms with Crippen LogP contribution in [0, 0.1) is 11.8 Å². The van der Waals surface area contributed by atoms with Crippen LogP contribution in [0.5, 0.6) is 0 Å². The summed E-state index contributed by atoms with van der Waals surface area (Å²) in [6.07, 6.45) is 13.7. The smallest absolute Gasteiger partial charge is 0.243 e. The summed E-state index contributed by atoms with van der Waals surface area (Å²) in [6, 6.07) is -0.358. The zero-order valence-corrected chi connectivity index (χ0v) is 21.8. The Hall–Kier alpha value is -1.67. The molecular formula is C27H47N5O3. The molecule has 2 saturated carbocycles. The van der Waals surface area contributed by atoms with Gasteiger partial charge in [0, 0.05) is 31.6 Å². The molecule has 3 amide bonds. The minimum Gasteiger partial charge on any atom is -0.349 e. The molecule has 0 radical (unpaired) electrons. The van der Waals surface area contributed by atoms with Crippen molar-refractivity contribution in [1.82, 2.24) is 26.2 Å². The van der Waals surface area contributed by atoms with Crippen molar-refractivity contribution in [3.63, 3.8) is 0 Å². The lowest BCUT2D eigenvalue weighted by Crippen LogP contribution is -2.57. The summed E-state index contributed by atoms with van der Waals surface area (Å²) < 4.78 is 0. The zero-order chi connectivity index (χ0) is 24.8. The third kappa shape index (κ3) is 7.91. The van der Waals surface area contributed by atoms with Crippen LogP contribution in [0.25, 0.3) is 0 Å². The Morgan fingerprint density at radius 2 is 1.69 bits per heavy atom. The quantitative estimate of drug-likeness (QED) is 0.377. The van der Waals surface area contributed by atoms with Crippen LogP contribution in [0.2, 0.25) is 0 Å². The van der Waals surface area contributed by atoms with Crippen LogP contribution in [0.4, 0.5) is 0 Å². The molecular weight excluding hydrogens is 442 g/mol. The highest BCUT2D eigenvalue weighted by molar-refractivity contribution is 5.92. The van der Waals surface area contributed by atoms with Gasteiger partial charge in [0.25, 0.3) is 0 Å². The SMILES string of the molecule is C[C@H](NC(=O)[C@H](CC(=O)N1CCCC[C@@H]1C)NC(=O)CC1CC1)C1NCC(CC2CCCCC2)N1. The molecule has 2 unspecified atom stereocenters. The molecule has 4 aliphatic rings. The maximum atomic E-state index is 13.3. The Morgan fingerprint density at radius 3 is 2.40 bits per heavy atom. The predicted octanol–water partition coefficient (Wildman–Crippen LogP) is 2.43. The van der Waals surface area contributed by atoms with Gasteiger partial charge in [0.2, 0.25) is 17.7 Å². The van der Waals surface area contributed by atoms with Gasteiger partial charge in [-0.05, 0) is 64.2 Å². The summed E-state index contributed by atoms with van der Waals surface area (Å²) in [4.78, 5) is 40.8. The lowest BCUT2D eigenvalue weighted by molar-refractivity contribution is -0.138. The Morgan fingerprint density at radius 1 is 0.943 bits per heavy atom. The van der Waals surface area contributed by atoms with E-state index >= 15 is 0 Å². The first kappa shape index (κ1) is 26.4. The maximum absolute atomic E-state index is 13.3. The van der Waals surface area contributed by atoms with Crippen molar-refractivity contribution in [2.24, 2.45) is 11.8 Å². The molecule has 0 aromatic rings. The highest BCUT2D eigenvalue weighted by Crippen LogP contribution is 2.32. The minimum absolute atomic E-state index is 0.00632. The van der Waals surface area contributed by atoms with Gasteiger partial charge in [-0.3, -0.25) is 25.0 Å². The first-order valence-electron chi connectivity index (χ1n) is 14.3. The van der Waals surface area contributed by atoms with Gasteiger partial charge in [-0.1, -0.05) is 32.1 Å². The van der Waals surface area contributed by atoms with Crippen molar-refractivity contribution < 1.29 is 14.4 Å². The number of hydrogen-bond donors (Lipinski definition) is 4. The molecule has 2 heterocycles. The fraction of sp³-hybridized carbons (Fsp3) is 0.889. The van der Waals surface area contributed by atoms with Crippen molar-refractivity contribution in [3.8, 4) is 0 Å². The Balaban J connectivity index is 1.30. The van der Waals surface area contributed by atoms with E-state index < -0.39 is 6.04 Å². The minimum atomic E-state index is -0.829. The van der Waals surface area contributed by atoms with Gasteiger partial charge in [0.05, 0.1) is 18.6 Å². The van der Waals surface area contributed by atoms with E-state index in [-0.39, 0.29) is 42.4 Å². The second kappa shape index (κ2) is 12.5. The van der Waals surface area contributed by atoms with E-state index in [0.29, 0.717) is 18.4 Å². The lowest BCUT2D eigenvalue weighted by atomic mass is 9.85. The Labute approximate surface area is 211 Å². The summed E-state index contributed by atoms with van der Waals surface area (Å²) in [7, 11) is 0. The van der Waals surface area contributed by atoms with E-state index in [4.69, 9.17) is 0 Å². The third-order valence-corrected chi connectivity index (χ3v) is 8.54. The van der Waals surface area contributed by atoms with Gasteiger partial charge < -0.3 is 15.5 Å². The monoisotopic (exact) mass is 489 g/mol. The first-order chi connectivity index (χ1) is 16.9. The van der Waals surface area contributed by atoms with Gasteiger partial charge in [-0.25, -0.2) is 0 Å². The molecule has 2 aliphatic carbocycles. The summed E-state index contributed by atoms with van der Waals surface area (Å²) in [5.74, 6) is 0.814. The van der Waals surface area contributed by atoms with Crippen LogP contribution >= 0.6 is 0 Å². The van der Waals surface area contributed by atoms with Crippen molar-refractivity contribution in [2.45, 2.75) is 128 Å². The summed E-state index contributed by atoms with van der Waals surface area (Å²) >= 11 is 0. The number of nitrogens with zero attached hydrogens (tertiary/aromatic N) is 1.